The van der Waals surface area contributed by atoms with Crippen LogP contribution in [0.25, 0.3) is 0 Å². The first-order valence-corrected chi connectivity index (χ1v) is 8.58. The van der Waals surface area contributed by atoms with Gasteiger partial charge in [0, 0.05) is 24.5 Å². The van der Waals surface area contributed by atoms with Crippen LogP contribution in [0.5, 0.6) is 11.5 Å². The number of hydrogen-bond acceptors (Lipinski definition) is 5. The molecule has 0 aliphatic rings. The SMILES string of the molecule is COc1cc(C)c(S(=O)(=O)N[C@@H](C)Cn2cccn2)cc1OC. The zero-order valence-corrected chi connectivity index (χ0v) is 14.4. The Morgan fingerprint density at radius 3 is 2.48 bits per heavy atom. The van der Waals surface area contributed by atoms with Gasteiger partial charge in [-0.1, -0.05) is 0 Å². The minimum atomic E-state index is -3.68. The normalized spacial score (nSPS) is 12.9. The smallest absolute Gasteiger partial charge is 0.241 e. The van der Waals surface area contributed by atoms with Crippen molar-refractivity contribution < 1.29 is 17.9 Å². The molecule has 126 valence electrons. The molecule has 1 aromatic carbocycles. The van der Waals surface area contributed by atoms with E-state index >= 15 is 0 Å². The zero-order chi connectivity index (χ0) is 17.0. The van der Waals surface area contributed by atoms with Gasteiger partial charge in [-0.3, -0.25) is 4.68 Å². The largest absolute Gasteiger partial charge is 0.493 e. The number of methoxy groups -OCH3 is 2. The minimum absolute atomic E-state index is 0.169. The quantitative estimate of drug-likeness (QED) is 0.828. The average molecular weight is 339 g/mol. The van der Waals surface area contributed by atoms with Gasteiger partial charge in [0.15, 0.2) is 11.5 Å². The average Bonchev–Trinajstić information content (AvgIpc) is 2.98. The summed E-state index contributed by atoms with van der Waals surface area (Å²) in [5.74, 6) is 0.867. The van der Waals surface area contributed by atoms with Crippen molar-refractivity contribution in [3.05, 3.63) is 36.2 Å². The van der Waals surface area contributed by atoms with Gasteiger partial charge in [0.1, 0.15) is 0 Å². The van der Waals surface area contributed by atoms with Crippen LogP contribution in [0.15, 0.2) is 35.5 Å². The molecular weight excluding hydrogens is 318 g/mol. The Hall–Kier alpha value is -2.06. The molecule has 1 heterocycles. The van der Waals surface area contributed by atoms with E-state index in [2.05, 4.69) is 9.82 Å². The van der Waals surface area contributed by atoms with E-state index in [1.807, 2.05) is 0 Å². The van der Waals surface area contributed by atoms with Gasteiger partial charge < -0.3 is 9.47 Å². The van der Waals surface area contributed by atoms with Gasteiger partial charge in [-0.15, -0.1) is 0 Å². The molecule has 0 saturated heterocycles. The lowest BCUT2D eigenvalue weighted by atomic mass is 10.2. The molecule has 0 amide bonds. The van der Waals surface area contributed by atoms with Crippen molar-refractivity contribution in [2.75, 3.05) is 14.2 Å². The molecular formula is C15H21N3O4S. The van der Waals surface area contributed by atoms with E-state index in [1.165, 1.54) is 20.3 Å². The summed E-state index contributed by atoms with van der Waals surface area (Å²) in [7, 11) is -0.698. The van der Waals surface area contributed by atoms with E-state index in [1.54, 1.807) is 43.1 Å². The number of nitrogens with zero attached hydrogens (tertiary/aromatic N) is 2. The monoisotopic (exact) mass is 339 g/mol. The molecule has 0 aliphatic heterocycles. The zero-order valence-electron chi connectivity index (χ0n) is 13.6. The van der Waals surface area contributed by atoms with Crippen LogP contribution in [0, 0.1) is 6.92 Å². The highest BCUT2D eigenvalue weighted by Crippen LogP contribution is 2.32. The second-order valence-electron chi connectivity index (χ2n) is 5.22. The lowest BCUT2D eigenvalue weighted by Crippen LogP contribution is -2.36. The number of ether oxygens (including phenoxy) is 2. The van der Waals surface area contributed by atoms with Gasteiger partial charge in [-0.25, -0.2) is 13.1 Å². The fourth-order valence-electron chi connectivity index (χ4n) is 2.31. The summed E-state index contributed by atoms with van der Waals surface area (Å²) in [6.45, 7) is 3.95. The van der Waals surface area contributed by atoms with Crippen molar-refractivity contribution in [1.29, 1.82) is 0 Å². The maximum absolute atomic E-state index is 12.6. The summed E-state index contributed by atoms with van der Waals surface area (Å²) in [6, 6.07) is 4.59. The Labute approximate surface area is 136 Å². The van der Waals surface area contributed by atoms with Gasteiger partial charge in [0.25, 0.3) is 0 Å². The Bertz CT molecular complexity index is 757. The molecule has 0 spiro atoms. The summed E-state index contributed by atoms with van der Waals surface area (Å²) in [5.41, 5.74) is 0.585. The topological polar surface area (TPSA) is 82.5 Å². The van der Waals surface area contributed by atoms with Crippen molar-refractivity contribution in [2.24, 2.45) is 0 Å². The fourth-order valence-corrected chi connectivity index (χ4v) is 3.78. The van der Waals surface area contributed by atoms with Gasteiger partial charge >= 0.3 is 0 Å². The summed E-state index contributed by atoms with van der Waals surface area (Å²) >= 11 is 0. The van der Waals surface area contributed by atoms with E-state index in [9.17, 15) is 8.42 Å². The molecule has 2 aromatic rings. The first kappa shape index (κ1) is 17.3. The third-order valence-electron chi connectivity index (χ3n) is 3.35. The van der Waals surface area contributed by atoms with Crippen molar-refractivity contribution >= 4 is 10.0 Å². The molecule has 2 rings (SSSR count). The van der Waals surface area contributed by atoms with Crippen LogP contribution in [-0.2, 0) is 16.6 Å². The van der Waals surface area contributed by atoms with Gasteiger partial charge in [-0.2, -0.15) is 5.10 Å². The number of aryl methyl sites for hydroxylation is 1. The van der Waals surface area contributed by atoms with Crippen LogP contribution in [0.2, 0.25) is 0 Å². The van der Waals surface area contributed by atoms with Crippen LogP contribution in [0.4, 0.5) is 0 Å². The van der Waals surface area contributed by atoms with Crippen molar-refractivity contribution in [3.63, 3.8) is 0 Å². The molecule has 0 aliphatic carbocycles. The van der Waals surface area contributed by atoms with Gasteiger partial charge in [0.2, 0.25) is 10.0 Å². The molecule has 0 radical (unpaired) electrons. The number of hydrogen-bond donors (Lipinski definition) is 1. The molecule has 1 aromatic heterocycles. The minimum Gasteiger partial charge on any atom is -0.493 e. The summed E-state index contributed by atoms with van der Waals surface area (Å²) in [4.78, 5) is 0.169. The molecule has 23 heavy (non-hydrogen) atoms. The van der Waals surface area contributed by atoms with Crippen molar-refractivity contribution in [1.82, 2.24) is 14.5 Å². The predicted molar refractivity (Wildman–Crippen MR) is 86.3 cm³/mol. The third kappa shape index (κ3) is 4.02. The van der Waals surface area contributed by atoms with E-state index in [-0.39, 0.29) is 10.9 Å². The molecule has 0 saturated carbocycles. The lowest BCUT2D eigenvalue weighted by molar-refractivity contribution is 0.353. The van der Waals surface area contributed by atoms with E-state index in [4.69, 9.17) is 9.47 Å². The fraction of sp³-hybridized carbons (Fsp3) is 0.400. The standard InChI is InChI=1S/C15H21N3O4S/c1-11-8-13(21-3)14(22-4)9-15(11)23(19,20)17-12(2)10-18-7-5-6-16-18/h5-9,12,17H,10H2,1-4H3/t12-/m0/s1. The molecule has 1 N–H and O–H groups in total. The molecule has 0 unspecified atom stereocenters. The highest BCUT2D eigenvalue weighted by atomic mass is 32.2. The van der Waals surface area contributed by atoms with Crippen LogP contribution >= 0.6 is 0 Å². The summed E-state index contributed by atoms with van der Waals surface area (Å²) in [5, 5.41) is 4.07. The molecule has 0 fully saturated rings. The van der Waals surface area contributed by atoms with E-state index in [0.717, 1.165) is 0 Å². The number of rotatable bonds is 7. The highest BCUT2D eigenvalue weighted by Gasteiger charge is 2.22. The second kappa shape index (κ2) is 7.01. The maximum atomic E-state index is 12.6. The maximum Gasteiger partial charge on any atom is 0.241 e. The summed E-state index contributed by atoms with van der Waals surface area (Å²) in [6.07, 6.45) is 3.44. The number of aromatic nitrogens is 2. The Morgan fingerprint density at radius 1 is 1.26 bits per heavy atom. The molecule has 0 bridgehead atoms. The van der Waals surface area contributed by atoms with Gasteiger partial charge in [0.05, 0.1) is 25.7 Å². The number of benzene rings is 1. The first-order chi connectivity index (χ1) is 10.9. The Balaban J connectivity index is 2.25. The molecule has 8 heteroatoms. The lowest BCUT2D eigenvalue weighted by Gasteiger charge is -2.17. The van der Waals surface area contributed by atoms with Crippen LogP contribution in [0.1, 0.15) is 12.5 Å². The predicted octanol–water partition coefficient (Wildman–Crippen LogP) is 1.58. The second-order valence-corrected chi connectivity index (χ2v) is 6.91. The third-order valence-corrected chi connectivity index (χ3v) is 5.08. The van der Waals surface area contributed by atoms with Crippen molar-refractivity contribution in [2.45, 2.75) is 31.3 Å². The first-order valence-electron chi connectivity index (χ1n) is 7.09. The number of sulfonamides is 1. The van der Waals surface area contributed by atoms with Crippen molar-refractivity contribution in [3.8, 4) is 11.5 Å². The van der Waals surface area contributed by atoms with Crippen LogP contribution in [-0.4, -0.2) is 38.5 Å². The van der Waals surface area contributed by atoms with Crippen LogP contribution < -0.4 is 14.2 Å². The number of nitrogens with one attached hydrogen (secondary N) is 1. The Kier molecular flexibility index (Phi) is 5.27. The highest BCUT2D eigenvalue weighted by molar-refractivity contribution is 7.89. The van der Waals surface area contributed by atoms with E-state index in [0.29, 0.717) is 23.6 Å². The van der Waals surface area contributed by atoms with Crippen LogP contribution in [0.3, 0.4) is 0 Å². The molecule has 1 atom stereocenters. The summed E-state index contributed by atoms with van der Waals surface area (Å²) < 4.78 is 39.9. The van der Waals surface area contributed by atoms with E-state index < -0.39 is 10.0 Å². The Morgan fingerprint density at radius 2 is 1.91 bits per heavy atom. The van der Waals surface area contributed by atoms with Gasteiger partial charge in [-0.05, 0) is 31.5 Å². The molecule has 7 nitrogen and oxygen atoms in total.